The number of nitrogens with one attached hydrogen (secondary N) is 1. The second-order valence-corrected chi connectivity index (χ2v) is 6.45. The highest BCUT2D eigenvalue weighted by molar-refractivity contribution is 5.94. The Balaban J connectivity index is 1.85. The summed E-state index contributed by atoms with van der Waals surface area (Å²) in [5.74, 6) is -1.14. The number of aryl methyl sites for hydroxylation is 1. The molecule has 3 rings (SSSR count). The number of hydrogen-bond donors (Lipinski definition) is 3. The lowest BCUT2D eigenvalue weighted by molar-refractivity contribution is -0.138. The van der Waals surface area contributed by atoms with Gasteiger partial charge in [-0.05, 0) is 47.6 Å². The summed E-state index contributed by atoms with van der Waals surface area (Å²) in [6.07, 6.45) is 1.64. The molecule has 130 valence electrons. The van der Waals surface area contributed by atoms with E-state index in [-0.39, 0.29) is 24.3 Å². The van der Waals surface area contributed by atoms with Crippen molar-refractivity contribution in [3.05, 3.63) is 70.8 Å². The number of nitrogens with two attached hydrogens (primary N) is 1. The van der Waals surface area contributed by atoms with Gasteiger partial charge in [0.2, 0.25) is 0 Å². The van der Waals surface area contributed by atoms with Gasteiger partial charge < -0.3 is 16.2 Å². The van der Waals surface area contributed by atoms with Crippen molar-refractivity contribution in [3.63, 3.8) is 0 Å². The van der Waals surface area contributed by atoms with Gasteiger partial charge in [-0.25, -0.2) is 0 Å². The molecule has 0 heterocycles. The van der Waals surface area contributed by atoms with Crippen LogP contribution in [-0.4, -0.2) is 17.0 Å². The van der Waals surface area contributed by atoms with E-state index in [1.54, 1.807) is 12.1 Å². The smallest absolute Gasteiger partial charge is 0.303 e. The molecule has 0 radical (unpaired) electrons. The summed E-state index contributed by atoms with van der Waals surface area (Å²) in [4.78, 5) is 23.9. The van der Waals surface area contributed by atoms with Gasteiger partial charge in [0.25, 0.3) is 5.91 Å². The number of aliphatic carboxylic acids is 1. The Bertz CT molecular complexity index is 771. The summed E-state index contributed by atoms with van der Waals surface area (Å²) < 4.78 is 0. The molecule has 0 fully saturated rings. The van der Waals surface area contributed by atoms with Gasteiger partial charge in [-0.2, -0.15) is 0 Å². The maximum Gasteiger partial charge on any atom is 0.303 e. The van der Waals surface area contributed by atoms with Crippen LogP contribution in [0.25, 0.3) is 0 Å². The molecule has 5 nitrogen and oxygen atoms in total. The molecule has 0 spiro atoms. The summed E-state index contributed by atoms with van der Waals surface area (Å²) in [5, 5.41) is 12.3. The third-order valence-electron chi connectivity index (χ3n) is 4.82. The Morgan fingerprint density at radius 3 is 2.52 bits per heavy atom. The normalized spacial score (nSPS) is 19.1. The van der Waals surface area contributed by atoms with Crippen LogP contribution in [0.4, 0.5) is 0 Å². The number of carboxylic acid groups (broad SMARTS) is 1. The zero-order chi connectivity index (χ0) is 17.8. The third-order valence-corrected chi connectivity index (χ3v) is 4.82. The molecule has 5 heteroatoms. The fourth-order valence-corrected chi connectivity index (χ4v) is 3.48. The van der Waals surface area contributed by atoms with E-state index in [4.69, 9.17) is 5.73 Å². The fourth-order valence-electron chi connectivity index (χ4n) is 3.48. The second kappa shape index (κ2) is 7.49. The largest absolute Gasteiger partial charge is 0.481 e. The van der Waals surface area contributed by atoms with Gasteiger partial charge in [0.1, 0.15) is 0 Å². The Morgan fingerprint density at radius 2 is 1.84 bits per heavy atom. The highest BCUT2D eigenvalue weighted by atomic mass is 16.4. The number of benzene rings is 2. The molecule has 4 N–H and O–H groups in total. The zero-order valence-corrected chi connectivity index (χ0v) is 13.9. The van der Waals surface area contributed by atoms with Gasteiger partial charge in [-0.15, -0.1) is 0 Å². The standard InChI is InChI=1S/C20H22N2O3/c21-12-13-5-7-15(8-6-13)20(25)22-19-16(11-18(23)24)10-9-14-3-1-2-4-17(14)19/h1-8,16,19H,9-12,21H2,(H,22,25)(H,23,24). The molecule has 2 unspecified atom stereocenters. The van der Waals surface area contributed by atoms with Crippen LogP contribution >= 0.6 is 0 Å². The van der Waals surface area contributed by atoms with Gasteiger partial charge in [0, 0.05) is 12.1 Å². The average Bonchev–Trinajstić information content (AvgIpc) is 2.63. The molecule has 25 heavy (non-hydrogen) atoms. The van der Waals surface area contributed by atoms with Crippen molar-refractivity contribution < 1.29 is 14.7 Å². The number of amides is 1. The van der Waals surface area contributed by atoms with Gasteiger partial charge in [0.15, 0.2) is 0 Å². The monoisotopic (exact) mass is 338 g/mol. The Labute approximate surface area is 146 Å². The number of carbonyl (C=O) groups is 2. The van der Waals surface area contributed by atoms with E-state index in [2.05, 4.69) is 5.32 Å². The Morgan fingerprint density at radius 1 is 1.12 bits per heavy atom. The number of fused-ring (bicyclic) bond motifs is 1. The van der Waals surface area contributed by atoms with E-state index < -0.39 is 5.97 Å². The number of rotatable bonds is 5. The Hall–Kier alpha value is -2.66. The number of hydrogen-bond acceptors (Lipinski definition) is 3. The van der Waals surface area contributed by atoms with Crippen molar-refractivity contribution in [2.24, 2.45) is 11.7 Å². The molecule has 2 aromatic carbocycles. The van der Waals surface area contributed by atoms with Gasteiger partial charge in [0.05, 0.1) is 12.5 Å². The molecule has 1 amide bonds. The highest BCUT2D eigenvalue weighted by Crippen LogP contribution is 2.36. The minimum Gasteiger partial charge on any atom is -0.481 e. The topological polar surface area (TPSA) is 92.4 Å². The van der Waals surface area contributed by atoms with Gasteiger partial charge >= 0.3 is 5.97 Å². The lowest BCUT2D eigenvalue weighted by Crippen LogP contribution is -2.37. The molecular weight excluding hydrogens is 316 g/mol. The van der Waals surface area contributed by atoms with E-state index in [1.807, 2.05) is 36.4 Å². The summed E-state index contributed by atoms with van der Waals surface area (Å²) in [6.45, 7) is 0.429. The number of carboxylic acids is 1. The minimum absolute atomic E-state index is 0.0470. The second-order valence-electron chi connectivity index (χ2n) is 6.45. The quantitative estimate of drug-likeness (QED) is 0.781. The van der Waals surface area contributed by atoms with Crippen LogP contribution in [0, 0.1) is 5.92 Å². The lowest BCUT2D eigenvalue weighted by Gasteiger charge is -2.33. The van der Waals surface area contributed by atoms with Crippen LogP contribution in [0.5, 0.6) is 0 Å². The predicted octanol–water partition coefficient (Wildman–Crippen LogP) is 2.65. The van der Waals surface area contributed by atoms with Crippen molar-refractivity contribution in [1.29, 1.82) is 0 Å². The predicted molar refractivity (Wildman–Crippen MR) is 95.0 cm³/mol. The van der Waals surface area contributed by atoms with E-state index in [1.165, 1.54) is 5.56 Å². The average molecular weight is 338 g/mol. The van der Waals surface area contributed by atoms with Crippen molar-refractivity contribution in [3.8, 4) is 0 Å². The Kier molecular flexibility index (Phi) is 5.14. The van der Waals surface area contributed by atoms with Gasteiger partial charge in [-0.3, -0.25) is 9.59 Å². The van der Waals surface area contributed by atoms with E-state index in [0.29, 0.717) is 12.1 Å². The summed E-state index contributed by atoms with van der Waals surface area (Å²) in [7, 11) is 0. The zero-order valence-electron chi connectivity index (χ0n) is 13.9. The molecule has 1 aliphatic rings. The van der Waals surface area contributed by atoms with Crippen LogP contribution in [0.2, 0.25) is 0 Å². The third kappa shape index (κ3) is 3.88. The molecule has 1 aliphatic carbocycles. The van der Waals surface area contributed by atoms with Gasteiger partial charge in [-0.1, -0.05) is 36.4 Å². The molecule has 0 saturated heterocycles. The first kappa shape index (κ1) is 17.2. The number of carbonyl (C=O) groups excluding carboxylic acids is 1. The van der Waals surface area contributed by atoms with Crippen molar-refractivity contribution in [1.82, 2.24) is 5.32 Å². The van der Waals surface area contributed by atoms with E-state index in [0.717, 1.165) is 24.0 Å². The molecule has 0 saturated carbocycles. The molecule has 2 atom stereocenters. The first-order chi connectivity index (χ1) is 12.1. The molecule has 0 aliphatic heterocycles. The van der Waals surface area contributed by atoms with E-state index in [9.17, 15) is 14.7 Å². The van der Waals surface area contributed by atoms with E-state index >= 15 is 0 Å². The maximum absolute atomic E-state index is 12.7. The molecule has 0 bridgehead atoms. The highest BCUT2D eigenvalue weighted by Gasteiger charge is 2.32. The van der Waals surface area contributed by atoms with Crippen LogP contribution < -0.4 is 11.1 Å². The van der Waals surface area contributed by atoms with Crippen molar-refractivity contribution in [2.75, 3.05) is 0 Å². The molecular formula is C20H22N2O3. The molecule has 2 aromatic rings. The van der Waals surface area contributed by atoms with Crippen molar-refractivity contribution in [2.45, 2.75) is 31.8 Å². The SMILES string of the molecule is NCc1ccc(C(=O)NC2c3ccccc3CCC2CC(=O)O)cc1. The summed E-state index contributed by atoms with van der Waals surface area (Å²) >= 11 is 0. The van der Waals surface area contributed by atoms with Crippen LogP contribution in [0.15, 0.2) is 48.5 Å². The van der Waals surface area contributed by atoms with Crippen molar-refractivity contribution >= 4 is 11.9 Å². The summed E-state index contributed by atoms with van der Waals surface area (Å²) in [6, 6.07) is 14.8. The first-order valence-corrected chi connectivity index (χ1v) is 8.48. The minimum atomic E-state index is -0.837. The lowest BCUT2D eigenvalue weighted by atomic mass is 9.78. The maximum atomic E-state index is 12.7. The molecule has 0 aromatic heterocycles. The summed E-state index contributed by atoms with van der Waals surface area (Å²) in [5.41, 5.74) is 9.29. The van der Waals surface area contributed by atoms with Crippen LogP contribution in [0.1, 0.15) is 45.9 Å². The van der Waals surface area contributed by atoms with Crippen LogP contribution in [0.3, 0.4) is 0 Å². The fraction of sp³-hybridized carbons (Fsp3) is 0.300. The van der Waals surface area contributed by atoms with Crippen LogP contribution in [-0.2, 0) is 17.8 Å². The first-order valence-electron chi connectivity index (χ1n) is 8.48.